The van der Waals surface area contributed by atoms with Crippen molar-refractivity contribution in [3.05, 3.63) is 46.2 Å². The second kappa shape index (κ2) is 6.69. The van der Waals surface area contributed by atoms with Gasteiger partial charge in [0.05, 0.1) is 21.8 Å². The molecule has 1 amide bonds. The molecule has 0 radical (unpaired) electrons. The van der Waals surface area contributed by atoms with E-state index in [4.69, 9.17) is 0 Å². The van der Waals surface area contributed by atoms with Gasteiger partial charge in [-0.05, 0) is 56.0 Å². The second-order valence-electron chi connectivity index (χ2n) is 7.06. The zero-order valence-corrected chi connectivity index (χ0v) is 17.5. The molecular formula is C17H20N2O5S3. The van der Waals surface area contributed by atoms with Crippen molar-refractivity contribution in [2.45, 2.75) is 32.2 Å². The average molecular weight is 429 g/mol. The molecule has 1 saturated heterocycles. The van der Waals surface area contributed by atoms with Crippen LogP contribution in [0.1, 0.15) is 24.3 Å². The van der Waals surface area contributed by atoms with E-state index in [1.54, 1.807) is 20.8 Å². The van der Waals surface area contributed by atoms with Crippen LogP contribution in [0, 0.1) is 12.3 Å². The SMILES string of the molecule is Cc1cc(N2C(=O)C(C)(C)CS2(=O)=O)ccc1S(=O)(=O)NCc1cccs1. The molecule has 1 aromatic carbocycles. The van der Waals surface area contributed by atoms with Crippen LogP contribution in [0.15, 0.2) is 40.6 Å². The number of nitrogens with one attached hydrogen (secondary N) is 1. The third kappa shape index (κ3) is 3.79. The Bertz CT molecular complexity index is 1090. The van der Waals surface area contributed by atoms with Gasteiger partial charge in [-0.2, -0.15) is 0 Å². The first-order chi connectivity index (χ1) is 12.4. The van der Waals surface area contributed by atoms with Crippen LogP contribution in [0.25, 0.3) is 0 Å². The number of anilines is 1. The largest absolute Gasteiger partial charge is 0.273 e. The van der Waals surface area contributed by atoms with Crippen molar-refractivity contribution in [3.8, 4) is 0 Å². The Morgan fingerprint density at radius 1 is 1.26 bits per heavy atom. The molecule has 1 aliphatic rings. The summed E-state index contributed by atoms with van der Waals surface area (Å²) in [6.07, 6.45) is 0. The van der Waals surface area contributed by atoms with E-state index in [1.165, 1.54) is 29.5 Å². The zero-order valence-electron chi connectivity index (χ0n) is 15.1. The van der Waals surface area contributed by atoms with Gasteiger partial charge in [0.2, 0.25) is 26.0 Å². The topological polar surface area (TPSA) is 101 Å². The molecule has 2 heterocycles. The van der Waals surface area contributed by atoms with Gasteiger partial charge in [0, 0.05) is 11.4 Å². The predicted octanol–water partition coefficient (Wildman–Crippen LogP) is 2.24. The number of amides is 1. The third-order valence-electron chi connectivity index (χ3n) is 4.28. The lowest BCUT2D eigenvalue weighted by Gasteiger charge is -2.19. The van der Waals surface area contributed by atoms with Crippen LogP contribution in [-0.2, 0) is 31.4 Å². The maximum atomic E-state index is 12.6. The van der Waals surface area contributed by atoms with E-state index in [1.807, 2.05) is 17.5 Å². The summed E-state index contributed by atoms with van der Waals surface area (Å²) in [5.74, 6) is -0.798. The number of benzene rings is 1. The Balaban J connectivity index is 1.91. The maximum Gasteiger partial charge on any atom is 0.247 e. The number of hydrogen-bond acceptors (Lipinski definition) is 6. The number of aryl methyl sites for hydroxylation is 1. The minimum atomic E-state index is -3.78. The lowest BCUT2D eigenvalue weighted by Crippen LogP contribution is -2.33. The molecule has 27 heavy (non-hydrogen) atoms. The summed E-state index contributed by atoms with van der Waals surface area (Å²) >= 11 is 1.44. The normalized spacial score (nSPS) is 18.8. The Hall–Kier alpha value is -1.75. The van der Waals surface area contributed by atoms with E-state index in [2.05, 4.69) is 4.72 Å². The highest BCUT2D eigenvalue weighted by Gasteiger charge is 2.50. The first kappa shape index (κ1) is 20.0. The number of carbonyl (C=O) groups excluding carboxylic acids is 1. The number of nitrogens with zero attached hydrogens (tertiary/aromatic N) is 1. The van der Waals surface area contributed by atoms with Crippen molar-refractivity contribution in [2.75, 3.05) is 10.1 Å². The van der Waals surface area contributed by atoms with Gasteiger partial charge in [-0.15, -0.1) is 11.3 Å². The molecular weight excluding hydrogens is 408 g/mol. The first-order valence-corrected chi connectivity index (χ1v) is 12.1. The number of carbonyl (C=O) groups is 1. The molecule has 0 spiro atoms. The Morgan fingerprint density at radius 2 is 1.96 bits per heavy atom. The molecule has 1 fully saturated rings. The summed E-state index contributed by atoms with van der Waals surface area (Å²) in [4.78, 5) is 13.4. The van der Waals surface area contributed by atoms with Gasteiger partial charge in [-0.3, -0.25) is 4.79 Å². The second-order valence-corrected chi connectivity index (χ2v) is 11.6. The summed E-state index contributed by atoms with van der Waals surface area (Å²) in [6, 6.07) is 7.76. The van der Waals surface area contributed by atoms with Gasteiger partial charge >= 0.3 is 0 Å². The summed E-state index contributed by atoms with van der Waals surface area (Å²) in [7, 11) is -7.55. The number of thiophene rings is 1. The highest BCUT2D eigenvalue weighted by Crippen LogP contribution is 2.36. The van der Waals surface area contributed by atoms with Crippen LogP contribution in [-0.4, -0.2) is 28.5 Å². The minimum Gasteiger partial charge on any atom is -0.273 e. The zero-order chi connectivity index (χ0) is 20.0. The van der Waals surface area contributed by atoms with Gasteiger partial charge in [-0.25, -0.2) is 25.9 Å². The van der Waals surface area contributed by atoms with Crippen LogP contribution >= 0.6 is 11.3 Å². The van der Waals surface area contributed by atoms with Crippen LogP contribution in [0.5, 0.6) is 0 Å². The van der Waals surface area contributed by atoms with Crippen molar-refractivity contribution in [1.29, 1.82) is 0 Å². The van der Waals surface area contributed by atoms with E-state index >= 15 is 0 Å². The Kier molecular flexibility index (Phi) is 4.96. The molecule has 0 saturated carbocycles. The molecule has 3 rings (SSSR count). The number of hydrogen-bond donors (Lipinski definition) is 1. The molecule has 0 unspecified atom stereocenters. The first-order valence-electron chi connectivity index (χ1n) is 8.14. The molecule has 1 aliphatic heterocycles. The fraction of sp³-hybridized carbons (Fsp3) is 0.353. The van der Waals surface area contributed by atoms with Crippen molar-refractivity contribution in [2.24, 2.45) is 5.41 Å². The van der Waals surface area contributed by atoms with Crippen molar-refractivity contribution in [3.63, 3.8) is 0 Å². The van der Waals surface area contributed by atoms with Gasteiger partial charge in [0.15, 0.2) is 0 Å². The molecule has 0 atom stereocenters. The maximum absolute atomic E-state index is 12.6. The van der Waals surface area contributed by atoms with E-state index in [-0.39, 0.29) is 22.9 Å². The van der Waals surface area contributed by atoms with Crippen molar-refractivity contribution < 1.29 is 21.6 Å². The molecule has 1 aromatic heterocycles. The van der Waals surface area contributed by atoms with Gasteiger partial charge < -0.3 is 0 Å². The molecule has 146 valence electrons. The quantitative estimate of drug-likeness (QED) is 0.787. The Morgan fingerprint density at radius 3 is 2.48 bits per heavy atom. The van der Waals surface area contributed by atoms with Crippen LogP contribution < -0.4 is 9.03 Å². The van der Waals surface area contributed by atoms with Crippen molar-refractivity contribution in [1.82, 2.24) is 4.72 Å². The van der Waals surface area contributed by atoms with Crippen molar-refractivity contribution >= 4 is 43.0 Å². The lowest BCUT2D eigenvalue weighted by molar-refractivity contribution is -0.123. The number of rotatable bonds is 5. The van der Waals surface area contributed by atoms with Gasteiger partial charge in [-0.1, -0.05) is 6.07 Å². The Labute approximate surface area is 163 Å². The summed E-state index contributed by atoms with van der Waals surface area (Å²) < 4.78 is 53.2. The fourth-order valence-electron chi connectivity index (χ4n) is 2.98. The standard InChI is InChI=1S/C17H20N2O5S3/c1-12-9-13(19-16(20)17(2,3)11-26(19,21)22)6-7-15(12)27(23,24)18-10-14-5-4-8-25-14/h4-9,18H,10-11H2,1-3H3. The van der Waals surface area contributed by atoms with Crippen LogP contribution in [0.3, 0.4) is 0 Å². The predicted molar refractivity (Wildman–Crippen MR) is 105 cm³/mol. The van der Waals surface area contributed by atoms with E-state index in [0.29, 0.717) is 5.56 Å². The van der Waals surface area contributed by atoms with Crippen LogP contribution in [0.4, 0.5) is 5.69 Å². The smallest absolute Gasteiger partial charge is 0.247 e. The average Bonchev–Trinajstić information content (AvgIpc) is 3.10. The minimum absolute atomic E-state index is 0.0473. The third-order valence-corrected chi connectivity index (χ3v) is 8.74. The molecule has 2 aromatic rings. The molecule has 10 heteroatoms. The number of sulfonamides is 2. The molecule has 7 nitrogen and oxygen atoms in total. The summed E-state index contributed by atoms with van der Waals surface area (Å²) in [6.45, 7) is 4.90. The highest BCUT2D eigenvalue weighted by molar-refractivity contribution is 7.94. The summed E-state index contributed by atoms with van der Waals surface area (Å²) in [5, 5.41) is 1.86. The molecule has 1 N–H and O–H groups in total. The fourth-order valence-corrected chi connectivity index (χ4v) is 7.05. The van der Waals surface area contributed by atoms with E-state index < -0.39 is 31.4 Å². The lowest BCUT2D eigenvalue weighted by atomic mass is 9.95. The van der Waals surface area contributed by atoms with Gasteiger partial charge in [0.25, 0.3) is 0 Å². The monoisotopic (exact) mass is 428 g/mol. The van der Waals surface area contributed by atoms with E-state index in [9.17, 15) is 21.6 Å². The van der Waals surface area contributed by atoms with Gasteiger partial charge in [0.1, 0.15) is 0 Å². The van der Waals surface area contributed by atoms with Crippen LogP contribution in [0.2, 0.25) is 0 Å². The molecule has 0 bridgehead atoms. The molecule has 0 aliphatic carbocycles. The highest BCUT2D eigenvalue weighted by atomic mass is 32.2. The van der Waals surface area contributed by atoms with E-state index in [0.717, 1.165) is 9.18 Å². The summed E-state index contributed by atoms with van der Waals surface area (Å²) in [5.41, 5.74) is -0.501.